The van der Waals surface area contributed by atoms with Gasteiger partial charge in [-0.25, -0.2) is 4.79 Å². The van der Waals surface area contributed by atoms with Crippen LogP contribution in [0.2, 0.25) is 0 Å². The molecule has 0 aromatic heterocycles. The molecule has 1 N–H and O–H groups in total. The number of carbonyl (C=O) groups is 3. The molecule has 1 saturated heterocycles. The molecule has 1 amide bonds. The molecule has 0 radical (unpaired) electrons. The molecule has 3 aromatic rings. The van der Waals surface area contributed by atoms with E-state index < -0.39 is 23.7 Å². The molecular formula is C31H32N2O6. The minimum absolute atomic E-state index is 0.00171. The van der Waals surface area contributed by atoms with Crippen LogP contribution in [0.15, 0.2) is 78.4 Å². The van der Waals surface area contributed by atoms with Crippen molar-refractivity contribution in [3.63, 3.8) is 0 Å². The van der Waals surface area contributed by atoms with Crippen molar-refractivity contribution >= 4 is 23.4 Å². The molecule has 0 aliphatic carbocycles. The largest absolute Gasteiger partial charge is 0.507 e. The predicted octanol–water partition coefficient (Wildman–Crippen LogP) is 4.34. The van der Waals surface area contributed by atoms with Gasteiger partial charge in [0.2, 0.25) is 0 Å². The minimum atomic E-state index is -0.811. The van der Waals surface area contributed by atoms with Crippen LogP contribution in [0.4, 0.5) is 0 Å². The van der Waals surface area contributed by atoms with Gasteiger partial charge in [0.25, 0.3) is 11.7 Å². The summed E-state index contributed by atoms with van der Waals surface area (Å²) >= 11 is 0. The van der Waals surface area contributed by atoms with Crippen LogP contribution in [0.1, 0.15) is 38.7 Å². The number of aliphatic hydroxyl groups is 1. The lowest BCUT2D eigenvalue weighted by Crippen LogP contribution is -2.35. The molecule has 0 bridgehead atoms. The minimum Gasteiger partial charge on any atom is -0.507 e. The number of hydrogen-bond donors (Lipinski definition) is 1. The Labute approximate surface area is 228 Å². The second kappa shape index (κ2) is 12.0. The van der Waals surface area contributed by atoms with E-state index in [-0.39, 0.29) is 17.9 Å². The maximum atomic E-state index is 13.2. The molecule has 1 atom stereocenters. The number of esters is 1. The number of carbonyl (C=O) groups excluding carboxylic acids is 3. The third-order valence-corrected chi connectivity index (χ3v) is 6.76. The first-order valence-electron chi connectivity index (χ1n) is 12.6. The van der Waals surface area contributed by atoms with Crippen molar-refractivity contribution in [2.45, 2.75) is 19.6 Å². The molecule has 1 aliphatic rings. The number of rotatable bonds is 9. The Balaban J connectivity index is 1.66. The third kappa shape index (κ3) is 6.02. The summed E-state index contributed by atoms with van der Waals surface area (Å²) in [5.41, 5.74) is 3.53. The zero-order chi connectivity index (χ0) is 28.1. The summed E-state index contributed by atoms with van der Waals surface area (Å²) in [6, 6.07) is 20.4. The zero-order valence-corrected chi connectivity index (χ0v) is 22.5. The van der Waals surface area contributed by atoms with Gasteiger partial charge in [-0.1, -0.05) is 36.4 Å². The highest BCUT2D eigenvalue weighted by molar-refractivity contribution is 6.46. The van der Waals surface area contributed by atoms with E-state index in [0.717, 1.165) is 11.1 Å². The number of Topliss-reactive ketones (excluding diaryl/α,β-unsaturated/α-hetero) is 1. The van der Waals surface area contributed by atoms with Crippen molar-refractivity contribution in [2.24, 2.45) is 0 Å². The van der Waals surface area contributed by atoms with Crippen molar-refractivity contribution < 1.29 is 29.0 Å². The van der Waals surface area contributed by atoms with Crippen molar-refractivity contribution in [1.29, 1.82) is 0 Å². The summed E-state index contributed by atoms with van der Waals surface area (Å²) in [5.74, 6) is -1.59. The summed E-state index contributed by atoms with van der Waals surface area (Å²) in [6.45, 7) is 3.23. The van der Waals surface area contributed by atoms with Gasteiger partial charge < -0.3 is 24.4 Å². The lowest BCUT2D eigenvalue weighted by Gasteiger charge is -2.26. The van der Waals surface area contributed by atoms with Crippen molar-refractivity contribution in [2.75, 3.05) is 34.3 Å². The predicted molar refractivity (Wildman–Crippen MR) is 147 cm³/mol. The van der Waals surface area contributed by atoms with E-state index in [9.17, 15) is 19.5 Å². The summed E-state index contributed by atoms with van der Waals surface area (Å²) in [7, 11) is 5.05. The lowest BCUT2D eigenvalue weighted by atomic mass is 9.94. The molecule has 39 heavy (non-hydrogen) atoms. The molecule has 3 aromatic carbocycles. The van der Waals surface area contributed by atoms with Crippen molar-refractivity contribution in [1.82, 2.24) is 9.80 Å². The van der Waals surface area contributed by atoms with Crippen LogP contribution < -0.4 is 4.74 Å². The van der Waals surface area contributed by atoms with Crippen molar-refractivity contribution in [3.8, 4) is 5.75 Å². The van der Waals surface area contributed by atoms with Gasteiger partial charge in [-0.2, -0.15) is 0 Å². The Morgan fingerprint density at radius 1 is 0.949 bits per heavy atom. The highest BCUT2D eigenvalue weighted by Crippen LogP contribution is 2.39. The SMILES string of the molecule is COC(=O)c1ccc([C@@H]2/C(=C(\O)c3ccc(OCc4ccccc4C)cc3)C(=O)C(=O)N2CCN(C)C)cc1. The highest BCUT2D eigenvalue weighted by atomic mass is 16.5. The molecule has 8 nitrogen and oxygen atoms in total. The van der Waals surface area contributed by atoms with Crippen LogP contribution in [0.3, 0.4) is 0 Å². The van der Waals surface area contributed by atoms with Gasteiger partial charge in [-0.05, 0) is 74.1 Å². The smallest absolute Gasteiger partial charge is 0.337 e. The number of nitrogens with zero attached hydrogens (tertiary/aromatic N) is 2. The third-order valence-electron chi connectivity index (χ3n) is 6.76. The maximum absolute atomic E-state index is 13.2. The van der Waals surface area contributed by atoms with E-state index in [1.54, 1.807) is 48.5 Å². The van der Waals surface area contributed by atoms with E-state index in [4.69, 9.17) is 9.47 Å². The van der Waals surface area contributed by atoms with E-state index in [1.165, 1.54) is 12.0 Å². The van der Waals surface area contributed by atoms with E-state index in [1.807, 2.05) is 50.2 Å². The molecule has 202 valence electrons. The number of likely N-dealkylation sites (N-methyl/N-ethyl adjacent to an activating group) is 1. The highest BCUT2D eigenvalue weighted by Gasteiger charge is 2.45. The molecular weight excluding hydrogens is 496 g/mol. The molecule has 4 rings (SSSR count). The lowest BCUT2D eigenvalue weighted by molar-refractivity contribution is -0.140. The van der Waals surface area contributed by atoms with Gasteiger partial charge in [0.1, 0.15) is 18.1 Å². The fourth-order valence-electron chi connectivity index (χ4n) is 4.48. The molecule has 1 heterocycles. The number of methoxy groups -OCH3 is 1. The maximum Gasteiger partial charge on any atom is 0.337 e. The van der Waals surface area contributed by atoms with E-state index in [2.05, 4.69) is 0 Å². The number of likely N-dealkylation sites (tertiary alicyclic amines) is 1. The van der Waals surface area contributed by atoms with E-state index >= 15 is 0 Å². The standard InChI is InChI=1S/C31H32N2O6/c1-20-7-5-6-8-24(20)19-39-25-15-13-22(14-16-25)28(34)26-27(21-9-11-23(12-10-21)31(37)38-4)33(18-17-32(2)3)30(36)29(26)35/h5-16,27,34H,17-19H2,1-4H3/b28-26+/t27-/m1/s1. The van der Waals surface area contributed by atoms with Crippen LogP contribution in [-0.2, 0) is 20.9 Å². The molecule has 8 heteroatoms. The van der Waals surface area contributed by atoms with Gasteiger partial charge >= 0.3 is 5.97 Å². The molecule has 0 unspecified atom stereocenters. The number of ketones is 1. The van der Waals surface area contributed by atoms with Crippen LogP contribution in [-0.4, -0.2) is 66.9 Å². The van der Waals surface area contributed by atoms with Crippen LogP contribution in [0, 0.1) is 6.92 Å². The van der Waals surface area contributed by atoms with Crippen molar-refractivity contribution in [3.05, 3.63) is 106 Å². The molecule has 0 saturated carbocycles. The fraction of sp³-hybridized carbons (Fsp3) is 0.258. The summed E-state index contributed by atoms with van der Waals surface area (Å²) in [4.78, 5) is 41.6. The number of aryl methyl sites for hydroxylation is 1. The first-order chi connectivity index (χ1) is 18.7. The molecule has 1 fully saturated rings. The number of benzene rings is 3. The first kappa shape index (κ1) is 27.6. The Morgan fingerprint density at radius 2 is 1.59 bits per heavy atom. The Morgan fingerprint density at radius 3 is 2.21 bits per heavy atom. The number of ether oxygens (including phenoxy) is 2. The summed E-state index contributed by atoms with van der Waals surface area (Å²) in [6.07, 6.45) is 0. The quantitative estimate of drug-likeness (QED) is 0.191. The van der Waals surface area contributed by atoms with Gasteiger partial charge in [-0.3, -0.25) is 9.59 Å². The Hall–Kier alpha value is -4.43. The van der Waals surface area contributed by atoms with Gasteiger partial charge in [0.15, 0.2) is 0 Å². The summed E-state index contributed by atoms with van der Waals surface area (Å²) < 4.78 is 10.7. The number of hydrogen-bond acceptors (Lipinski definition) is 7. The van der Waals surface area contributed by atoms with Crippen LogP contribution in [0.25, 0.3) is 5.76 Å². The molecule has 1 aliphatic heterocycles. The normalized spacial score (nSPS) is 16.5. The average Bonchev–Trinajstić information content (AvgIpc) is 3.20. The Bertz CT molecular complexity index is 1390. The zero-order valence-electron chi connectivity index (χ0n) is 22.5. The fourth-order valence-corrected chi connectivity index (χ4v) is 4.48. The van der Waals surface area contributed by atoms with Crippen LogP contribution in [0.5, 0.6) is 5.75 Å². The Kier molecular flexibility index (Phi) is 8.46. The van der Waals surface area contributed by atoms with Gasteiger partial charge in [0.05, 0.1) is 24.3 Å². The average molecular weight is 529 g/mol. The number of amides is 1. The monoisotopic (exact) mass is 528 g/mol. The van der Waals surface area contributed by atoms with Gasteiger partial charge in [0, 0.05) is 18.7 Å². The number of aliphatic hydroxyl groups excluding tert-OH is 1. The second-order valence-electron chi connectivity index (χ2n) is 9.65. The van der Waals surface area contributed by atoms with Crippen LogP contribution >= 0.6 is 0 Å². The molecule has 0 spiro atoms. The summed E-state index contributed by atoms with van der Waals surface area (Å²) in [5, 5.41) is 11.3. The van der Waals surface area contributed by atoms with E-state index in [0.29, 0.717) is 35.6 Å². The van der Waals surface area contributed by atoms with Gasteiger partial charge in [-0.15, -0.1) is 0 Å². The first-order valence-corrected chi connectivity index (χ1v) is 12.6. The second-order valence-corrected chi connectivity index (χ2v) is 9.65. The topological polar surface area (TPSA) is 96.4 Å².